The molecule has 0 spiro atoms. The largest absolute Gasteiger partial charge is 0.338 e. The Labute approximate surface area is 130 Å². The number of rotatable bonds is 3. The van der Waals surface area contributed by atoms with Gasteiger partial charge in [-0.15, -0.1) is 0 Å². The number of aromatic nitrogens is 2. The van der Waals surface area contributed by atoms with E-state index in [0.717, 1.165) is 25.3 Å². The van der Waals surface area contributed by atoms with Crippen LogP contribution in [0, 0.1) is 0 Å². The molecule has 1 atom stereocenters. The van der Waals surface area contributed by atoms with Crippen molar-refractivity contribution in [3.8, 4) is 0 Å². The number of carbonyl (C=O) groups excluding carboxylic acids is 1. The van der Waals surface area contributed by atoms with Crippen LogP contribution in [0.3, 0.4) is 0 Å². The molecule has 1 saturated carbocycles. The third-order valence-corrected chi connectivity index (χ3v) is 4.61. The second-order valence-corrected chi connectivity index (χ2v) is 6.25. The highest BCUT2D eigenvalue weighted by atomic mass is 16.2. The highest BCUT2D eigenvalue weighted by molar-refractivity contribution is 5.93. The molecule has 1 aromatic carbocycles. The van der Waals surface area contributed by atoms with Crippen molar-refractivity contribution in [2.75, 3.05) is 13.1 Å². The maximum absolute atomic E-state index is 12.6. The lowest BCUT2D eigenvalue weighted by Gasteiger charge is -2.16. The quantitative estimate of drug-likeness (QED) is 0.874. The summed E-state index contributed by atoms with van der Waals surface area (Å²) >= 11 is 0. The van der Waals surface area contributed by atoms with Crippen LogP contribution >= 0.6 is 0 Å². The monoisotopic (exact) mass is 293 g/mol. The summed E-state index contributed by atoms with van der Waals surface area (Å²) in [5, 5.41) is 0. The average Bonchev–Trinajstić information content (AvgIpc) is 3.32. The van der Waals surface area contributed by atoms with Gasteiger partial charge in [-0.1, -0.05) is 30.3 Å². The third-order valence-electron chi connectivity index (χ3n) is 4.61. The number of nitrogens with zero attached hydrogens (tertiary/aromatic N) is 3. The van der Waals surface area contributed by atoms with Gasteiger partial charge in [-0.2, -0.15) is 0 Å². The molecule has 1 unspecified atom stereocenters. The minimum atomic E-state index is 0.0563. The molecule has 2 fully saturated rings. The van der Waals surface area contributed by atoms with Gasteiger partial charge in [-0.3, -0.25) is 4.79 Å². The Morgan fingerprint density at radius 2 is 1.73 bits per heavy atom. The molecule has 4 heteroatoms. The second kappa shape index (κ2) is 5.52. The number of benzene rings is 1. The maximum Gasteiger partial charge on any atom is 0.257 e. The minimum Gasteiger partial charge on any atom is -0.338 e. The Hall–Kier alpha value is -2.23. The molecule has 2 aromatic rings. The van der Waals surface area contributed by atoms with Crippen molar-refractivity contribution >= 4 is 5.91 Å². The fourth-order valence-electron chi connectivity index (χ4n) is 3.13. The Morgan fingerprint density at radius 1 is 1.00 bits per heavy atom. The van der Waals surface area contributed by atoms with E-state index in [-0.39, 0.29) is 5.91 Å². The molecule has 1 aliphatic heterocycles. The molecule has 1 aromatic heterocycles. The van der Waals surface area contributed by atoms with E-state index in [1.807, 2.05) is 11.0 Å². The van der Waals surface area contributed by atoms with Gasteiger partial charge in [0.05, 0.1) is 5.56 Å². The highest BCUT2D eigenvalue weighted by Gasteiger charge is 2.29. The predicted octanol–water partition coefficient (Wildman–Crippen LogP) is 2.98. The van der Waals surface area contributed by atoms with E-state index in [2.05, 4.69) is 34.2 Å². The summed E-state index contributed by atoms with van der Waals surface area (Å²) < 4.78 is 0. The van der Waals surface area contributed by atoms with Crippen molar-refractivity contribution in [1.29, 1.82) is 0 Å². The molecule has 22 heavy (non-hydrogen) atoms. The number of likely N-dealkylation sites (tertiary alicyclic amines) is 1. The molecule has 2 heterocycles. The summed E-state index contributed by atoms with van der Waals surface area (Å²) in [4.78, 5) is 23.2. The van der Waals surface area contributed by atoms with Gasteiger partial charge in [0.1, 0.15) is 5.82 Å². The first-order chi connectivity index (χ1) is 10.8. The van der Waals surface area contributed by atoms with Crippen molar-refractivity contribution in [3.63, 3.8) is 0 Å². The Balaban J connectivity index is 1.44. The van der Waals surface area contributed by atoms with E-state index in [4.69, 9.17) is 0 Å². The number of amides is 1. The molecule has 4 nitrogen and oxygen atoms in total. The van der Waals surface area contributed by atoms with E-state index in [9.17, 15) is 4.79 Å². The molecule has 0 N–H and O–H groups in total. The summed E-state index contributed by atoms with van der Waals surface area (Å²) in [5.41, 5.74) is 1.93. The fraction of sp³-hybridized carbons (Fsp3) is 0.389. The van der Waals surface area contributed by atoms with Crippen LogP contribution in [0.5, 0.6) is 0 Å². The standard InChI is InChI=1S/C18H19N3O/c22-18(16-10-19-17(20-11-16)14-6-7-14)21-9-8-15(12-21)13-4-2-1-3-5-13/h1-5,10-11,14-15H,6-9,12H2. The zero-order chi connectivity index (χ0) is 14.9. The van der Waals surface area contributed by atoms with E-state index < -0.39 is 0 Å². The van der Waals surface area contributed by atoms with Crippen LogP contribution in [0.1, 0.15) is 52.8 Å². The van der Waals surface area contributed by atoms with Crippen molar-refractivity contribution < 1.29 is 4.79 Å². The molecular weight excluding hydrogens is 274 g/mol. The lowest BCUT2D eigenvalue weighted by Crippen LogP contribution is -2.28. The van der Waals surface area contributed by atoms with Crippen molar-refractivity contribution in [3.05, 3.63) is 59.7 Å². The number of carbonyl (C=O) groups is 1. The summed E-state index contributed by atoms with van der Waals surface area (Å²) in [5.74, 6) is 1.91. The minimum absolute atomic E-state index is 0.0563. The van der Waals surface area contributed by atoms with E-state index in [0.29, 0.717) is 17.4 Å². The summed E-state index contributed by atoms with van der Waals surface area (Å²) in [6.45, 7) is 1.59. The van der Waals surface area contributed by atoms with Gasteiger partial charge in [-0.25, -0.2) is 9.97 Å². The van der Waals surface area contributed by atoms with Crippen LogP contribution in [0.4, 0.5) is 0 Å². The lowest BCUT2D eigenvalue weighted by molar-refractivity contribution is 0.0790. The normalized spacial score (nSPS) is 21.1. The van der Waals surface area contributed by atoms with Crippen molar-refractivity contribution in [2.24, 2.45) is 0 Å². The van der Waals surface area contributed by atoms with Crippen molar-refractivity contribution in [1.82, 2.24) is 14.9 Å². The van der Waals surface area contributed by atoms with Crippen LogP contribution in [0.2, 0.25) is 0 Å². The molecule has 112 valence electrons. The lowest BCUT2D eigenvalue weighted by atomic mass is 9.99. The van der Waals surface area contributed by atoms with Gasteiger partial charge >= 0.3 is 0 Å². The van der Waals surface area contributed by atoms with Crippen molar-refractivity contribution in [2.45, 2.75) is 31.1 Å². The zero-order valence-electron chi connectivity index (χ0n) is 12.5. The Bertz CT molecular complexity index is 664. The van der Waals surface area contributed by atoms with Gasteiger partial charge in [0.2, 0.25) is 0 Å². The van der Waals surface area contributed by atoms with E-state index in [1.54, 1.807) is 12.4 Å². The molecule has 0 bridgehead atoms. The van der Waals surface area contributed by atoms with E-state index in [1.165, 1.54) is 18.4 Å². The number of hydrogen-bond acceptors (Lipinski definition) is 3. The first-order valence-corrected chi connectivity index (χ1v) is 7.97. The Kier molecular flexibility index (Phi) is 3.37. The molecule has 2 aliphatic rings. The van der Waals surface area contributed by atoms with Gasteiger partial charge in [-0.05, 0) is 24.8 Å². The van der Waals surface area contributed by atoms with Gasteiger partial charge in [0, 0.05) is 37.3 Å². The fourth-order valence-corrected chi connectivity index (χ4v) is 3.13. The number of hydrogen-bond donors (Lipinski definition) is 0. The zero-order valence-corrected chi connectivity index (χ0v) is 12.5. The molecule has 1 aliphatic carbocycles. The maximum atomic E-state index is 12.6. The van der Waals surface area contributed by atoms with Gasteiger partial charge in [0.25, 0.3) is 5.91 Å². The van der Waals surface area contributed by atoms with Crippen LogP contribution in [-0.4, -0.2) is 33.9 Å². The first kappa shape index (κ1) is 13.4. The van der Waals surface area contributed by atoms with Gasteiger partial charge < -0.3 is 4.90 Å². The molecule has 0 radical (unpaired) electrons. The smallest absolute Gasteiger partial charge is 0.257 e. The van der Waals surface area contributed by atoms with Crippen LogP contribution in [0.15, 0.2) is 42.7 Å². The SMILES string of the molecule is O=C(c1cnc(C2CC2)nc1)N1CCC(c2ccccc2)C1. The summed E-state index contributed by atoms with van der Waals surface area (Å²) in [6, 6.07) is 10.4. The topological polar surface area (TPSA) is 46.1 Å². The van der Waals surface area contributed by atoms with Crippen LogP contribution in [0.25, 0.3) is 0 Å². The van der Waals surface area contributed by atoms with E-state index >= 15 is 0 Å². The summed E-state index contributed by atoms with van der Waals surface area (Å²) in [7, 11) is 0. The average molecular weight is 293 g/mol. The molecule has 1 amide bonds. The molecule has 4 rings (SSSR count). The third kappa shape index (κ3) is 2.61. The molecular formula is C18H19N3O. The molecule has 1 saturated heterocycles. The van der Waals surface area contributed by atoms with Crippen LogP contribution < -0.4 is 0 Å². The summed E-state index contributed by atoms with van der Waals surface area (Å²) in [6.07, 6.45) is 6.77. The first-order valence-electron chi connectivity index (χ1n) is 7.97. The van der Waals surface area contributed by atoms with Crippen LogP contribution in [-0.2, 0) is 0 Å². The highest BCUT2D eigenvalue weighted by Crippen LogP contribution is 2.37. The predicted molar refractivity (Wildman–Crippen MR) is 83.7 cm³/mol. The second-order valence-electron chi connectivity index (χ2n) is 6.25. The van der Waals surface area contributed by atoms with Gasteiger partial charge in [0.15, 0.2) is 0 Å². The Morgan fingerprint density at radius 3 is 2.41 bits per heavy atom.